The van der Waals surface area contributed by atoms with Crippen molar-refractivity contribution in [3.63, 3.8) is 0 Å². The molecule has 0 radical (unpaired) electrons. The van der Waals surface area contributed by atoms with Gasteiger partial charge in [-0.15, -0.1) is 0 Å². The predicted molar refractivity (Wildman–Crippen MR) is 70.6 cm³/mol. The van der Waals surface area contributed by atoms with Gasteiger partial charge in [0, 0.05) is 13.0 Å². The van der Waals surface area contributed by atoms with E-state index in [0.717, 1.165) is 24.8 Å². The van der Waals surface area contributed by atoms with Crippen LogP contribution in [0.1, 0.15) is 36.5 Å². The summed E-state index contributed by atoms with van der Waals surface area (Å²) < 4.78 is 10.9. The van der Waals surface area contributed by atoms with Crippen LogP contribution in [-0.4, -0.2) is 24.7 Å². The summed E-state index contributed by atoms with van der Waals surface area (Å²) >= 11 is 0. The van der Waals surface area contributed by atoms with Gasteiger partial charge in [-0.25, -0.2) is 4.79 Å². The lowest BCUT2D eigenvalue weighted by Gasteiger charge is -2.28. The van der Waals surface area contributed by atoms with Gasteiger partial charge >= 0.3 is 5.97 Å². The molecule has 1 aromatic rings. The smallest absolute Gasteiger partial charge is 0.329 e. The van der Waals surface area contributed by atoms with E-state index in [2.05, 4.69) is 6.07 Å². The van der Waals surface area contributed by atoms with Crippen LogP contribution in [0.3, 0.4) is 0 Å². The molecule has 0 bridgehead atoms. The summed E-state index contributed by atoms with van der Waals surface area (Å²) in [5.41, 5.74) is 7.50. The van der Waals surface area contributed by atoms with Crippen LogP contribution in [0.15, 0.2) is 24.3 Å². The zero-order valence-electron chi connectivity index (χ0n) is 10.9. The van der Waals surface area contributed by atoms with E-state index in [0.29, 0.717) is 13.0 Å². The lowest BCUT2D eigenvalue weighted by atomic mass is 9.89. The number of carbonyl (C=O) groups is 1. The number of aryl methyl sites for hydroxylation is 1. The molecular formula is C15H19NO3. The van der Waals surface area contributed by atoms with Crippen molar-refractivity contribution in [3.8, 4) is 0 Å². The van der Waals surface area contributed by atoms with Crippen LogP contribution in [0.4, 0.5) is 0 Å². The lowest BCUT2D eigenvalue weighted by Crippen LogP contribution is -2.50. The molecule has 0 spiro atoms. The zero-order chi connectivity index (χ0) is 13.3. The van der Waals surface area contributed by atoms with Crippen LogP contribution in [0.5, 0.6) is 0 Å². The highest BCUT2D eigenvalue weighted by Gasteiger charge is 2.41. The Morgan fingerprint density at radius 1 is 1.42 bits per heavy atom. The average Bonchev–Trinajstić information content (AvgIpc) is 2.87. The number of hydrogen-bond acceptors (Lipinski definition) is 4. The number of hydrogen-bond donors (Lipinski definition) is 1. The minimum atomic E-state index is -0.952. The number of benzene rings is 1. The second kappa shape index (κ2) is 4.94. The van der Waals surface area contributed by atoms with Crippen LogP contribution in [-0.2, 0) is 20.7 Å². The standard InChI is InChI=1S/C15H19NO3/c16-15(8-9-18-10-15)14(17)19-13-7-3-5-11-4-1-2-6-12(11)13/h1-2,4,6,13H,3,5,7-10,16H2. The highest BCUT2D eigenvalue weighted by atomic mass is 16.6. The third kappa shape index (κ3) is 2.38. The zero-order valence-corrected chi connectivity index (χ0v) is 10.9. The van der Waals surface area contributed by atoms with Gasteiger partial charge in [0.05, 0.1) is 6.61 Å². The average molecular weight is 261 g/mol. The molecule has 4 nitrogen and oxygen atoms in total. The molecule has 0 aromatic heterocycles. The van der Waals surface area contributed by atoms with Gasteiger partial charge in [0.1, 0.15) is 11.6 Å². The van der Waals surface area contributed by atoms with E-state index in [1.165, 1.54) is 5.56 Å². The largest absolute Gasteiger partial charge is 0.456 e. The molecule has 1 fully saturated rings. The summed E-state index contributed by atoms with van der Waals surface area (Å²) in [6.07, 6.45) is 3.36. The number of nitrogens with two attached hydrogens (primary N) is 1. The Bertz CT molecular complexity index is 480. The molecule has 2 aliphatic rings. The van der Waals surface area contributed by atoms with Crippen molar-refractivity contribution in [3.05, 3.63) is 35.4 Å². The highest BCUT2D eigenvalue weighted by molar-refractivity contribution is 5.81. The van der Waals surface area contributed by atoms with E-state index in [-0.39, 0.29) is 18.7 Å². The molecule has 1 aliphatic carbocycles. The molecule has 102 valence electrons. The summed E-state index contributed by atoms with van der Waals surface area (Å²) in [6.45, 7) is 0.799. The number of ether oxygens (including phenoxy) is 2. The van der Waals surface area contributed by atoms with Crippen LogP contribution < -0.4 is 5.73 Å². The van der Waals surface area contributed by atoms with E-state index in [1.807, 2.05) is 18.2 Å². The molecule has 0 saturated carbocycles. The molecular weight excluding hydrogens is 242 g/mol. The molecule has 3 rings (SSSR count). The minimum Gasteiger partial charge on any atom is -0.456 e. The summed E-state index contributed by atoms with van der Waals surface area (Å²) in [7, 11) is 0. The quantitative estimate of drug-likeness (QED) is 0.823. The molecule has 1 aliphatic heterocycles. The van der Waals surface area contributed by atoms with E-state index < -0.39 is 5.54 Å². The summed E-state index contributed by atoms with van der Waals surface area (Å²) in [6, 6.07) is 8.16. The Labute approximate surface area is 112 Å². The Kier molecular flexibility index (Phi) is 3.29. The van der Waals surface area contributed by atoms with Crippen molar-refractivity contribution in [1.29, 1.82) is 0 Å². The first-order chi connectivity index (χ1) is 9.19. The fraction of sp³-hybridized carbons (Fsp3) is 0.533. The number of fused-ring (bicyclic) bond motifs is 1. The first-order valence-corrected chi connectivity index (χ1v) is 6.84. The first-order valence-electron chi connectivity index (χ1n) is 6.84. The second-order valence-corrected chi connectivity index (χ2v) is 5.44. The fourth-order valence-corrected chi connectivity index (χ4v) is 2.82. The van der Waals surface area contributed by atoms with Crippen LogP contribution in [0.25, 0.3) is 0 Å². The maximum atomic E-state index is 12.2. The van der Waals surface area contributed by atoms with Gasteiger partial charge in [0.15, 0.2) is 0 Å². The van der Waals surface area contributed by atoms with Crippen LogP contribution >= 0.6 is 0 Å². The van der Waals surface area contributed by atoms with Gasteiger partial charge in [0.2, 0.25) is 0 Å². The van der Waals surface area contributed by atoms with Gasteiger partial charge in [-0.3, -0.25) is 0 Å². The van der Waals surface area contributed by atoms with Gasteiger partial charge in [-0.05, 0) is 30.4 Å². The molecule has 1 saturated heterocycles. The van der Waals surface area contributed by atoms with Crippen LogP contribution in [0, 0.1) is 0 Å². The van der Waals surface area contributed by atoms with Crippen molar-refractivity contribution in [1.82, 2.24) is 0 Å². The first kappa shape index (κ1) is 12.6. The molecule has 1 heterocycles. The van der Waals surface area contributed by atoms with Gasteiger partial charge < -0.3 is 15.2 Å². The van der Waals surface area contributed by atoms with Crippen molar-refractivity contribution in [2.24, 2.45) is 5.73 Å². The summed E-state index contributed by atoms with van der Waals surface area (Å²) in [5, 5.41) is 0. The van der Waals surface area contributed by atoms with Gasteiger partial charge in [-0.2, -0.15) is 0 Å². The lowest BCUT2D eigenvalue weighted by molar-refractivity contribution is -0.156. The maximum absolute atomic E-state index is 12.2. The summed E-state index contributed by atoms with van der Waals surface area (Å²) in [5.74, 6) is -0.327. The molecule has 1 aromatic carbocycles. The number of carbonyl (C=O) groups excluding carboxylic acids is 1. The van der Waals surface area contributed by atoms with E-state index in [9.17, 15) is 4.79 Å². The van der Waals surface area contributed by atoms with Crippen LogP contribution in [0.2, 0.25) is 0 Å². The molecule has 0 amide bonds. The Hall–Kier alpha value is -1.39. The maximum Gasteiger partial charge on any atom is 0.329 e. The van der Waals surface area contributed by atoms with Gasteiger partial charge in [0.25, 0.3) is 0 Å². The van der Waals surface area contributed by atoms with Gasteiger partial charge in [-0.1, -0.05) is 24.3 Å². The Balaban J connectivity index is 1.76. The minimum absolute atomic E-state index is 0.154. The van der Waals surface area contributed by atoms with Crippen molar-refractivity contribution in [2.75, 3.05) is 13.2 Å². The van der Waals surface area contributed by atoms with Crippen molar-refractivity contribution >= 4 is 5.97 Å². The Morgan fingerprint density at radius 2 is 2.26 bits per heavy atom. The third-order valence-corrected chi connectivity index (χ3v) is 4.02. The second-order valence-electron chi connectivity index (χ2n) is 5.44. The topological polar surface area (TPSA) is 61.6 Å². The molecule has 2 atom stereocenters. The normalized spacial score (nSPS) is 29.8. The summed E-state index contributed by atoms with van der Waals surface area (Å²) in [4.78, 5) is 12.2. The van der Waals surface area contributed by atoms with E-state index in [4.69, 9.17) is 15.2 Å². The third-order valence-electron chi connectivity index (χ3n) is 4.02. The number of esters is 1. The highest BCUT2D eigenvalue weighted by Crippen LogP contribution is 2.33. The monoisotopic (exact) mass is 261 g/mol. The van der Waals surface area contributed by atoms with Crippen molar-refractivity contribution in [2.45, 2.75) is 37.3 Å². The van der Waals surface area contributed by atoms with E-state index in [1.54, 1.807) is 0 Å². The molecule has 4 heteroatoms. The Morgan fingerprint density at radius 3 is 3.05 bits per heavy atom. The van der Waals surface area contributed by atoms with Crippen molar-refractivity contribution < 1.29 is 14.3 Å². The molecule has 2 N–H and O–H groups in total. The molecule has 2 unspecified atom stereocenters. The number of rotatable bonds is 2. The predicted octanol–water partition coefficient (Wildman–Crippen LogP) is 1.72. The SMILES string of the molecule is NC1(C(=O)OC2CCCc3ccccc32)CCOC1. The van der Waals surface area contributed by atoms with E-state index >= 15 is 0 Å². The molecule has 19 heavy (non-hydrogen) atoms. The fourth-order valence-electron chi connectivity index (χ4n) is 2.82.